The second kappa shape index (κ2) is 6.84. The molecule has 2 atom stereocenters. The zero-order valence-electron chi connectivity index (χ0n) is 15.2. The highest BCUT2D eigenvalue weighted by molar-refractivity contribution is 5.02. The molecule has 2 aromatic heterocycles. The second-order valence-electron chi connectivity index (χ2n) is 7.36. The monoisotopic (exact) mass is 346 g/mol. The summed E-state index contributed by atoms with van der Waals surface area (Å²) in [7, 11) is 2.14. The van der Waals surface area contributed by atoms with Crippen LogP contribution in [0.2, 0.25) is 0 Å². The normalized spacial score (nSPS) is 23.3. The van der Waals surface area contributed by atoms with Crippen LogP contribution in [0.5, 0.6) is 0 Å². The van der Waals surface area contributed by atoms with Gasteiger partial charge in [0.25, 0.3) is 0 Å². The first-order valence-corrected chi connectivity index (χ1v) is 9.17. The van der Waals surface area contributed by atoms with Crippen LogP contribution in [-0.4, -0.2) is 56.3 Å². The minimum absolute atomic E-state index is 0.109. The molecule has 136 valence electrons. The lowest BCUT2D eigenvalue weighted by Crippen LogP contribution is -2.47. The van der Waals surface area contributed by atoms with Crippen molar-refractivity contribution in [3.63, 3.8) is 0 Å². The summed E-state index contributed by atoms with van der Waals surface area (Å²) in [6.45, 7) is 6.76. The van der Waals surface area contributed by atoms with E-state index in [9.17, 15) is 0 Å². The number of likely N-dealkylation sites (N-methyl/N-ethyl adjacent to an activating group) is 1. The van der Waals surface area contributed by atoms with Crippen LogP contribution in [0.1, 0.15) is 68.1 Å². The van der Waals surface area contributed by atoms with Gasteiger partial charge in [-0.15, -0.1) is 10.2 Å². The van der Waals surface area contributed by atoms with Crippen molar-refractivity contribution < 1.29 is 8.94 Å². The molecule has 1 aliphatic heterocycles. The Hall–Kier alpha value is -1.80. The Morgan fingerprint density at radius 3 is 2.84 bits per heavy atom. The molecule has 1 saturated carbocycles. The zero-order chi connectivity index (χ0) is 17.4. The number of nitrogens with zero attached hydrogens (tertiary/aromatic N) is 6. The Labute approximate surface area is 147 Å². The predicted octanol–water partition coefficient (Wildman–Crippen LogP) is 2.30. The Bertz CT molecular complexity index is 710. The molecule has 0 bridgehead atoms. The third kappa shape index (κ3) is 3.74. The maximum Gasteiger partial charge on any atom is 0.233 e. The molecule has 8 nitrogen and oxygen atoms in total. The fourth-order valence-corrected chi connectivity index (χ4v) is 3.51. The van der Waals surface area contributed by atoms with Crippen LogP contribution in [0.3, 0.4) is 0 Å². The van der Waals surface area contributed by atoms with Crippen molar-refractivity contribution in [1.82, 2.24) is 30.1 Å². The SMILES string of the molecule is Cc1nnc([C@@H](C)N(C)[C@H]2CCCN(Cc3noc(C4CC4)n3)C2)o1. The van der Waals surface area contributed by atoms with Crippen molar-refractivity contribution in [3.05, 3.63) is 23.5 Å². The van der Waals surface area contributed by atoms with Crippen LogP contribution in [0.4, 0.5) is 0 Å². The highest BCUT2D eigenvalue weighted by Crippen LogP contribution is 2.38. The molecule has 2 aliphatic rings. The molecule has 0 N–H and O–H groups in total. The standard InChI is InChI=1S/C17H26N6O2/c1-11(16-20-19-12(2)24-16)22(3)14-5-4-8-23(9-14)10-15-18-17(25-21-15)13-6-7-13/h11,13-14H,4-10H2,1-3H3/t11-,14+/m1/s1. The molecule has 0 spiro atoms. The van der Waals surface area contributed by atoms with E-state index in [1.54, 1.807) is 0 Å². The number of hydrogen-bond acceptors (Lipinski definition) is 8. The van der Waals surface area contributed by atoms with Crippen molar-refractivity contribution in [1.29, 1.82) is 0 Å². The molecule has 1 saturated heterocycles. The minimum atomic E-state index is 0.109. The lowest BCUT2D eigenvalue weighted by atomic mass is 10.0. The van der Waals surface area contributed by atoms with E-state index in [2.05, 4.69) is 44.1 Å². The number of aryl methyl sites for hydroxylation is 1. The lowest BCUT2D eigenvalue weighted by molar-refractivity contribution is 0.0764. The molecular weight excluding hydrogens is 320 g/mol. The molecule has 3 heterocycles. The second-order valence-corrected chi connectivity index (χ2v) is 7.36. The summed E-state index contributed by atoms with van der Waals surface area (Å²) in [5.41, 5.74) is 0. The maximum absolute atomic E-state index is 5.60. The average Bonchev–Trinajstić information content (AvgIpc) is 3.22. The van der Waals surface area contributed by atoms with E-state index in [0.29, 0.717) is 23.7 Å². The van der Waals surface area contributed by atoms with Crippen LogP contribution >= 0.6 is 0 Å². The van der Waals surface area contributed by atoms with Gasteiger partial charge in [0.1, 0.15) is 0 Å². The van der Waals surface area contributed by atoms with Crippen molar-refractivity contribution in [2.24, 2.45) is 0 Å². The summed E-state index contributed by atoms with van der Waals surface area (Å²) in [6, 6.07) is 0.559. The van der Waals surface area contributed by atoms with Crippen molar-refractivity contribution in [2.45, 2.75) is 64.1 Å². The van der Waals surface area contributed by atoms with E-state index in [1.807, 2.05) is 6.92 Å². The van der Waals surface area contributed by atoms with E-state index < -0.39 is 0 Å². The number of hydrogen-bond donors (Lipinski definition) is 0. The molecule has 1 aliphatic carbocycles. The van der Waals surface area contributed by atoms with Gasteiger partial charge in [0, 0.05) is 25.4 Å². The highest BCUT2D eigenvalue weighted by Gasteiger charge is 2.31. The Balaban J connectivity index is 1.36. The topological polar surface area (TPSA) is 84.3 Å². The molecule has 0 amide bonds. The molecule has 2 fully saturated rings. The summed E-state index contributed by atoms with van der Waals surface area (Å²) < 4.78 is 11.0. The lowest BCUT2D eigenvalue weighted by Gasteiger charge is -2.38. The van der Waals surface area contributed by atoms with Crippen molar-refractivity contribution >= 4 is 0 Å². The van der Waals surface area contributed by atoms with E-state index in [-0.39, 0.29) is 6.04 Å². The van der Waals surface area contributed by atoms with Crippen LogP contribution in [0.15, 0.2) is 8.94 Å². The van der Waals surface area contributed by atoms with Gasteiger partial charge in [-0.1, -0.05) is 5.16 Å². The van der Waals surface area contributed by atoms with Crippen LogP contribution in [-0.2, 0) is 6.54 Å². The molecular formula is C17H26N6O2. The fourth-order valence-electron chi connectivity index (χ4n) is 3.51. The average molecular weight is 346 g/mol. The molecule has 0 unspecified atom stereocenters. The first-order chi connectivity index (χ1) is 12.1. The van der Waals surface area contributed by atoms with E-state index in [4.69, 9.17) is 8.94 Å². The number of piperidine rings is 1. The Kier molecular flexibility index (Phi) is 4.56. The maximum atomic E-state index is 5.60. The van der Waals surface area contributed by atoms with E-state index in [1.165, 1.54) is 19.3 Å². The summed E-state index contributed by atoms with van der Waals surface area (Å²) in [5, 5.41) is 12.3. The minimum Gasteiger partial charge on any atom is -0.424 e. The summed E-state index contributed by atoms with van der Waals surface area (Å²) >= 11 is 0. The van der Waals surface area contributed by atoms with Gasteiger partial charge in [-0.2, -0.15) is 4.98 Å². The molecule has 0 radical (unpaired) electrons. The number of aromatic nitrogens is 4. The van der Waals surface area contributed by atoms with Gasteiger partial charge < -0.3 is 8.94 Å². The third-order valence-electron chi connectivity index (χ3n) is 5.34. The molecule has 25 heavy (non-hydrogen) atoms. The van der Waals surface area contributed by atoms with Gasteiger partial charge >= 0.3 is 0 Å². The van der Waals surface area contributed by atoms with Gasteiger partial charge in [0.2, 0.25) is 17.7 Å². The summed E-state index contributed by atoms with van der Waals surface area (Å²) in [6.07, 6.45) is 4.71. The smallest absolute Gasteiger partial charge is 0.233 e. The molecule has 0 aromatic carbocycles. The number of rotatable bonds is 6. The van der Waals surface area contributed by atoms with E-state index in [0.717, 1.165) is 37.8 Å². The van der Waals surface area contributed by atoms with Crippen LogP contribution in [0, 0.1) is 6.92 Å². The summed E-state index contributed by atoms with van der Waals surface area (Å²) in [5.74, 6) is 3.44. The van der Waals surface area contributed by atoms with Crippen LogP contribution in [0.25, 0.3) is 0 Å². The number of likely N-dealkylation sites (tertiary alicyclic amines) is 1. The van der Waals surface area contributed by atoms with Gasteiger partial charge in [0.05, 0.1) is 12.6 Å². The summed E-state index contributed by atoms with van der Waals surface area (Å²) in [4.78, 5) is 9.31. The quantitative estimate of drug-likeness (QED) is 0.788. The Morgan fingerprint density at radius 1 is 1.28 bits per heavy atom. The van der Waals surface area contributed by atoms with Crippen molar-refractivity contribution in [3.8, 4) is 0 Å². The predicted molar refractivity (Wildman–Crippen MR) is 89.8 cm³/mol. The molecule has 8 heteroatoms. The van der Waals surface area contributed by atoms with Crippen LogP contribution < -0.4 is 0 Å². The first-order valence-electron chi connectivity index (χ1n) is 9.17. The molecule has 4 rings (SSSR count). The fraction of sp³-hybridized carbons (Fsp3) is 0.765. The third-order valence-corrected chi connectivity index (χ3v) is 5.34. The van der Waals surface area contributed by atoms with Gasteiger partial charge in [-0.05, 0) is 46.2 Å². The molecule has 2 aromatic rings. The van der Waals surface area contributed by atoms with Gasteiger partial charge in [0.15, 0.2) is 5.82 Å². The highest BCUT2D eigenvalue weighted by atomic mass is 16.5. The van der Waals surface area contributed by atoms with E-state index >= 15 is 0 Å². The largest absolute Gasteiger partial charge is 0.424 e. The van der Waals surface area contributed by atoms with Crippen molar-refractivity contribution in [2.75, 3.05) is 20.1 Å². The van der Waals surface area contributed by atoms with Gasteiger partial charge in [-0.3, -0.25) is 9.80 Å². The van der Waals surface area contributed by atoms with Gasteiger partial charge in [-0.25, -0.2) is 0 Å². The first kappa shape index (κ1) is 16.7. The zero-order valence-corrected chi connectivity index (χ0v) is 15.2. The Morgan fingerprint density at radius 2 is 2.12 bits per heavy atom.